The van der Waals surface area contributed by atoms with E-state index in [1.165, 1.54) is 0 Å². The van der Waals surface area contributed by atoms with E-state index in [1.54, 1.807) is 0 Å². The third kappa shape index (κ3) is 5.21. The molecule has 1 aromatic rings. The molecular weight excluding hydrogens is 288 g/mol. The topological polar surface area (TPSA) is 50.4 Å². The Labute approximate surface area is 133 Å². The second kappa shape index (κ2) is 8.25. The van der Waals surface area contributed by atoms with Gasteiger partial charge >= 0.3 is 0 Å². The van der Waals surface area contributed by atoms with Gasteiger partial charge in [-0.05, 0) is 37.1 Å². The highest BCUT2D eigenvalue weighted by Gasteiger charge is 2.28. The van der Waals surface area contributed by atoms with Gasteiger partial charge in [-0.15, -0.1) is 12.4 Å². The molecule has 0 aromatic heterocycles. The van der Waals surface area contributed by atoms with Crippen molar-refractivity contribution in [3.63, 3.8) is 0 Å². The van der Waals surface area contributed by atoms with E-state index in [1.807, 2.05) is 31.2 Å². The SMILES string of the molecule is CC(C)COc1cccc(NC(=O)C(C)C2CNC2)c1.Cl. The summed E-state index contributed by atoms with van der Waals surface area (Å²) < 4.78 is 5.67. The van der Waals surface area contributed by atoms with Crippen LogP contribution in [-0.4, -0.2) is 25.6 Å². The summed E-state index contributed by atoms with van der Waals surface area (Å²) in [5, 5.41) is 6.17. The van der Waals surface area contributed by atoms with E-state index in [-0.39, 0.29) is 24.2 Å². The number of nitrogens with one attached hydrogen (secondary N) is 2. The van der Waals surface area contributed by atoms with Gasteiger partial charge in [-0.2, -0.15) is 0 Å². The van der Waals surface area contributed by atoms with Gasteiger partial charge in [0, 0.05) is 17.7 Å². The van der Waals surface area contributed by atoms with Crippen LogP contribution in [0.4, 0.5) is 5.69 Å². The van der Waals surface area contributed by atoms with Crippen LogP contribution < -0.4 is 15.4 Å². The van der Waals surface area contributed by atoms with E-state index in [0.717, 1.165) is 24.5 Å². The second-order valence-corrected chi connectivity index (χ2v) is 5.93. The number of carbonyl (C=O) groups excluding carboxylic acids is 1. The fourth-order valence-corrected chi connectivity index (χ4v) is 2.06. The first-order valence-corrected chi connectivity index (χ1v) is 7.30. The maximum absolute atomic E-state index is 12.1. The highest BCUT2D eigenvalue weighted by atomic mass is 35.5. The molecule has 1 unspecified atom stereocenters. The van der Waals surface area contributed by atoms with E-state index in [4.69, 9.17) is 4.74 Å². The molecule has 0 spiro atoms. The zero-order valence-electron chi connectivity index (χ0n) is 12.9. The first kappa shape index (κ1) is 17.8. The van der Waals surface area contributed by atoms with Gasteiger partial charge in [0.15, 0.2) is 0 Å². The standard InChI is InChI=1S/C16H24N2O2.ClH/c1-11(2)10-20-15-6-4-5-14(7-15)18-16(19)12(3)13-8-17-9-13;/h4-7,11-13,17H,8-10H2,1-3H3,(H,18,19);1H. The molecule has 0 bridgehead atoms. The van der Waals surface area contributed by atoms with Crippen LogP contribution in [0.1, 0.15) is 20.8 Å². The van der Waals surface area contributed by atoms with Crippen LogP contribution in [0.5, 0.6) is 5.75 Å². The number of hydrogen-bond acceptors (Lipinski definition) is 3. The molecule has 5 heteroatoms. The van der Waals surface area contributed by atoms with Crippen molar-refractivity contribution in [2.24, 2.45) is 17.8 Å². The highest BCUT2D eigenvalue weighted by molar-refractivity contribution is 5.92. The average molecular weight is 313 g/mol. The van der Waals surface area contributed by atoms with Crippen LogP contribution in [0.25, 0.3) is 0 Å². The van der Waals surface area contributed by atoms with Gasteiger partial charge in [0.1, 0.15) is 5.75 Å². The van der Waals surface area contributed by atoms with Crippen molar-refractivity contribution in [2.45, 2.75) is 20.8 Å². The highest BCUT2D eigenvalue weighted by Crippen LogP contribution is 2.21. The lowest BCUT2D eigenvalue weighted by Gasteiger charge is -2.31. The largest absolute Gasteiger partial charge is 0.493 e. The Morgan fingerprint density at radius 1 is 1.38 bits per heavy atom. The summed E-state index contributed by atoms with van der Waals surface area (Å²) in [7, 11) is 0. The van der Waals surface area contributed by atoms with Crippen molar-refractivity contribution in [3.05, 3.63) is 24.3 Å². The zero-order valence-corrected chi connectivity index (χ0v) is 13.7. The van der Waals surface area contributed by atoms with E-state index in [9.17, 15) is 4.79 Å². The van der Waals surface area contributed by atoms with E-state index < -0.39 is 0 Å². The Hall–Kier alpha value is -1.26. The molecule has 4 nitrogen and oxygen atoms in total. The molecule has 0 radical (unpaired) electrons. The summed E-state index contributed by atoms with van der Waals surface area (Å²) in [4.78, 5) is 12.1. The average Bonchev–Trinajstić information content (AvgIpc) is 2.34. The monoisotopic (exact) mass is 312 g/mol. The summed E-state index contributed by atoms with van der Waals surface area (Å²) in [6, 6.07) is 7.59. The summed E-state index contributed by atoms with van der Waals surface area (Å²) >= 11 is 0. The molecule has 1 fully saturated rings. The van der Waals surface area contributed by atoms with Crippen molar-refractivity contribution in [2.75, 3.05) is 25.0 Å². The van der Waals surface area contributed by atoms with Crippen LogP contribution in [0.3, 0.4) is 0 Å². The number of carbonyl (C=O) groups is 1. The summed E-state index contributed by atoms with van der Waals surface area (Å²) in [6.45, 7) is 8.76. The fraction of sp³-hybridized carbons (Fsp3) is 0.562. The number of ether oxygens (including phenoxy) is 1. The Morgan fingerprint density at radius 3 is 2.67 bits per heavy atom. The van der Waals surface area contributed by atoms with Crippen molar-refractivity contribution >= 4 is 24.0 Å². The molecule has 2 N–H and O–H groups in total. The first-order chi connectivity index (χ1) is 9.56. The molecule has 2 rings (SSSR count). The van der Waals surface area contributed by atoms with Crippen LogP contribution in [0.2, 0.25) is 0 Å². The minimum Gasteiger partial charge on any atom is -0.493 e. The van der Waals surface area contributed by atoms with Crippen LogP contribution in [0, 0.1) is 17.8 Å². The Balaban J connectivity index is 0.00000220. The van der Waals surface area contributed by atoms with Crippen LogP contribution >= 0.6 is 12.4 Å². The van der Waals surface area contributed by atoms with Crippen molar-refractivity contribution in [1.29, 1.82) is 0 Å². The van der Waals surface area contributed by atoms with Gasteiger partial charge in [0.25, 0.3) is 0 Å². The second-order valence-electron chi connectivity index (χ2n) is 5.93. The number of halogens is 1. The van der Waals surface area contributed by atoms with Gasteiger partial charge in [-0.25, -0.2) is 0 Å². The fourth-order valence-electron chi connectivity index (χ4n) is 2.06. The molecule has 1 aliphatic rings. The molecule has 1 aromatic carbocycles. The third-order valence-corrected chi connectivity index (χ3v) is 3.62. The first-order valence-electron chi connectivity index (χ1n) is 7.30. The lowest BCUT2D eigenvalue weighted by Crippen LogP contribution is -2.48. The number of rotatable bonds is 6. The number of anilines is 1. The lowest BCUT2D eigenvalue weighted by atomic mass is 9.88. The molecule has 0 aliphatic carbocycles. The summed E-state index contributed by atoms with van der Waals surface area (Å²) in [6.07, 6.45) is 0. The Morgan fingerprint density at radius 2 is 2.10 bits per heavy atom. The summed E-state index contributed by atoms with van der Waals surface area (Å²) in [5.74, 6) is 1.86. The minimum absolute atomic E-state index is 0. The third-order valence-electron chi connectivity index (χ3n) is 3.62. The van der Waals surface area contributed by atoms with E-state index in [0.29, 0.717) is 18.4 Å². The van der Waals surface area contributed by atoms with Crippen molar-refractivity contribution in [1.82, 2.24) is 5.32 Å². The van der Waals surface area contributed by atoms with E-state index >= 15 is 0 Å². The normalized spacial score (nSPS) is 15.8. The lowest BCUT2D eigenvalue weighted by molar-refractivity contribution is -0.121. The number of amides is 1. The zero-order chi connectivity index (χ0) is 14.5. The van der Waals surface area contributed by atoms with Crippen molar-refractivity contribution in [3.8, 4) is 5.75 Å². The molecule has 21 heavy (non-hydrogen) atoms. The molecule has 1 amide bonds. The molecule has 1 heterocycles. The Bertz CT molecular complexity index is 461. The number of benzene rings is 1. The quantitative estimate of drug-likeness (QED) is 0.849. The maximum atomic E-state index is 12.1. The molecule has 118 valence electrons. The molecule has 0 saturated carbocycles. The van der Waals surface area contributed by atoms with Gasteiger partial charge in [-0.3, -0.25) is 4.79 Å². The van der Waals surface area contributed by atoms with E-state index in [2.05, 4.69) is 24.5 Å². The van der Waals surface area contributed by atoms with Gasteiger partial charge < -0.3 is 15.4 Å². The minimum atomic E-state index is 0. The number of hydrogen-bond donors (Lipinski definition) is 2. The maximum Gasteiger partial charge on any atom is 0.227 e. The van der Waals surface area contributed by atoms with Crippen LogP contribution in [-0.2, 0) is 4.79 Å². The predicted octanol–water partition coefficient (Wildman–Crippen LogP) is 2.94. The smallest absolute Gasteiger partial charge is 0.227 e. The van der Waals surface area contributed by atoms with Crippen LogP contribution in [0.15, 0.2) is 24.3 Å². The van der Waals surface area contributed by atoms with Gasteiger partial charge in [0.05, 0.1) is 6.61 Å². The van der Waals surface area contributed by atoms with Gasteiger partial charge in [0.2, 0.25) is 5.91 Å². The molecule has 1 atom stereocenters. The molecule has 1 aliphatic heterocycles. The van der Waals surface area contributed by atoms with Gasteiger partial charge in [-0.1, -0.05) is 26.8 Å². The Kier molecular flexibility index (Phi) is 6.99. The van der Waals surface area contributed by atoms with Crippen molar-refractivity contribution < 1.29 is 9.53 Å². The molecular formula is C16H25ClN2O2. The summed E-state index contributed by atoms with van der Waals surface area (Å²) in [5.41, 5.74) is 0.801. The predicted molar refractivity (Wildman–Crippen MR) is 88.2 cm³/mol. The molecule has 1 saturated heterocycles.